The van der Waals surface area contributed by atoms with Crippen LogP contribution in [0.1, 0.15) is 43.4 Å². The molecule has 0 radical (unpaired) electrons. The predicted octanol–water partition coefficient (Wildman–Crippen LogP) is 2.95. The van der Waals surface area contributed by atoms with Crippen molar-refractivity contribution in [3.05, 3.63) is 29.3 Å². The van der Waals surface area contributed by atoms with Crippen molar-refractivity contribution in [1.82, 2.24) is 4.90 Å². The molecule has 1 aliphatic carbocycles. The van der Waals surface area contributed by atoms with Crippen molar-refractivity contribution in [2.24, 2.45) is 17.6 Å². The highest BCUT2D eigenvalue weighted by molar-refractivity contribution is 5.38. The lowest BCUT2D eigenvalue weighted by Gasteiger charge is -2.20. The molecule has 0 amide bonds. The van der Waals surface area contributed by atoms with E-state index in [1.54, 1.807) is 7.11 Å². The summed E-state index contributed by atoms with van der Waals surface area (Å²) in [7, 11) is 1.75. The van der Waals surface area contributed by atoms with E-state index in [1.165, 1.54) is 43.5 Å². The summed E-state index contributed by atoms with van der Waals surface area (Å²) in [5.74, 6) is 2.88. The predicted molar refractivity (Wildman–Crippen MR) is 81.7 cm³/mol. The fourth-order valence-electron chi connectivity index (χ4n) is 3.91. The summed E-state index contributed by atoms with van der Waals surface area (Å²) < 4.78 is 5.52. The molecule has 3 nitrogen and oxygen atoms in total. The van der Waals surface area contributed by atoms with E-state index >= 15 is 0 Å². The molecule has 1 aromatic carbocycles. The number of ether oxygens (including phenoxy) is 1. The number of likely N-dealkylation sites (tertiary alicyclic amines) is 1. The van der Waals surface area contributed by atoms with Gasteiger partial charge >= 0.3 is 0 Å². The van der Waals surface area contributed by atoms with E-state index in [-0.39, 0.29) is 6.04 Å². The molecule has 1 saturated heterocycles. The molecular weight excluding hydrogens is 248 g/mol. The van der Waals surface area contributed by atoms with Crippen molar-refractivity contribution in [3.8, 4) is 5.75 Å². The Hall–Kier alpha value is -1.06. The summed E-state index contributed by atoms with van der Waals surface area (Å²) in [5.41, 5.74) is 8.48. The first kappa shape index (κ1) is 13.9. The van der Waals surface area contributed by atoms with Gasteiger partial charge in [0, 0.05) is 31.2 Å². The van der Waals surface area contributed by atoms with Gasteiger partial charge in [-0.25, -0.2) is 0 Å². The van der Waals surface area contributed by atoms with Crippen molar-refractivity contribution in [3.63, 3.8) is 0 Å². The first-order chi connectivity index (χ1) is 9.67. The molecule has 1 heterocycles. The third-order valence-corrected chi connectivity index (χ3v) is 5.03. The maximum Gasteiger partial charge on any atom is 0.123 e. The van der Waals surface area contributed by atoms with E-state index in [0.717, 1.165) is 24.1 Å². The van der Waals surface area contributed by atoms with Crippen LogP contribution >= 0.6 is 0 Å². The minimum absolute atomic E-state index is 0.0811. The van der Waals surface area contributed by atoms with Crippen LogP contribution in [-0.4, -0.2) is 25.1 Å². The summed E-state index contributed by atoms with van der Waals surface area (Å²) in [5, 5.41) is 0. The average molecular weight is 274 g/mol. The number of hydrogen-bond acceptors (Lipinski definition) is 3. The van der Waals surface area contributed by atoms with Gasteiger partial charge in [0.2, 0.25) is 0 Å². The molecule has 1 aromatic rings. The maximum atomic E-state index is 6.00. The van der Waals surface area contributed by atoms with Crippen LogP contribution < -0.4 is 10.5 Å². The van der Waals surface area contributed by atoms with Crippen LogP contribution in [0.5, 0.6) is 5.75 Å². The second-order valence-electron chi connectivity index (χ2n) is 6.51. The number of methoxy groups -OCH3 is 1. The van der Waals surface area contributed by atoms with Crippen LogP contribution in [0.3, 0.4) is 0 Å². The zero-order valence-corrected chi connectivity index (χ0v) is 12.6. The highest BCUT2D eigenvalue weighted by Gasteiger charge is 2.35. The van der Waals surface area contributed by atoms with Crippen molar-refractivity contribution >= 4 is 0 Å². The van der Waals surface area contributed by atoms with Crippen molar-refractivity contribution < 1.29 is 4.74 Å². The standard InChI is InChI=1S/C17H26N2O/c1-12(18)13-6-7-17(20-2)16(8-13)11-19-9-14-4-3-5-15(14)10-19/h6-8,12,14-15H,3-5,9-11,18H2,1-2H3. The lowest BCUT2D eigenvalue weighted by atomic mass is 10.0. The quantitative estimate of drug-likeness (QED) is 0.917. The summed E-state index contributed by atoms with van der Waals surface area (Å²) in [6.45, 7) is 5.55. The summed E-state index contributed by atoms with van der Waals surface area (Å²) in [6, 6.07) is 6.44. The molecule has 3 rings (SSSR count). The molecular formula is C17H26N2O. The van der Waals surface area contributed by atoms with Gasteiger partial charge in [0.15, 0.2) is 0 Å². The molecule has 1 saturated carbocycles. The van der Waals surface area contributed by atoms with Crippen LogP contribution in [0.4, 0.5) is 0 Å². The number of rotatable bonds is 4. The van der Waals surface area contributed by atoms with Crippen molar-refractivity contribution in [2.75, 3.05) is 20.2 Å². The zero-order chi connectivity index (χ0) is 14.1. The summed E-state index contributed by atoms with van der Waals surface area (Å²) in [6.07, 6.45) is 4.29. The lowest BCUT2D eigenvalue weighted by Crippen LogP contribution is -2.21. The van der Waals surface area contributed by atoms with Gasteiger partial charge in [-0.3, -0.25) is 4.90 Å². The molecule has 0 aromatic heterocycles. The van der Waals surface area contributed by atoms with Gasteiger partial charge in [-0.1, -0.05) is 12.5 Å². The first-order valence-electron chi connectivity index (χ1n) is 7.82. The maximum absolute atomic E-state index is 6.00. The molecule has 3 unspecified atom stereocenters. The second kappa shape index (κ2) is 5.74. The number of hydrogen-bond donors (Lipinski definition) is 1. The Labute approximate surface area is 122 Å². The van der Waals surface area contributed by atoms with Crippen LogP contribution in [-0.2, 0) is 6.54 Å². The largest absolute Gasteiger partial charge is 0.496 e. The minimum Gasteiger partial charge on any atom is -0.496 e. The van der Waals surface area contributed by atoms with Crippen LogP contribution in [0.2, 0.25) is 0 Å². The summed E-state index contributed by atoms with van der Waals surface area (Å²) in [4.78, 5) is 2.59. The first-order valence-corrected chi connectivity index (χ1v) is 7.82. The molecule has 110 valence electrons. The molecule has 0 bridgehead atoms. The van der Waals surface area contributed by atoms with Gasteiger partial charge in [0.25, 0.3) is 0 Å². The minimum atomic E-state index is 0.0811. The van der Waals surface area contributed by atoms with Crippen molar-refractivity contribution in [1.29, 1.82) is 0 Å². The zero-order valence-electron chi connectivity index (χ0n) is 12.6. The third-order valence-electron chi connectivity index (χ3n) is 5.03. The Morgan fingerprint density at radius 1 is 1.30 bits per heavy atom. The van der Waals surface area contributed by atoms with Gasteiger partial charge in [-0.05, 0) is 49.3 Å². The number of nitrogens with two attached hydrogens (primary N) is 1. The van der Waals surface area contributed by atoms with Crippen LogP contribution in [0.25, 0.3) is 0 Å². The number of nitrogens with zero attached hydrogens (tertiary/aromatic N) is 1. The Morgan fingerprint density at radius 3 is 2.60 bits per heavy atom. The lowest BCUT2D eigenvalue weighted by molar-refractivity contribution is 0.296. The van der Waals surface area contributed by atoms with E-state index in [1.807, 2.05) is 6.92 Å². The van der Waals surface area contributed by atoms with E-state index < -0.39 is 0 Å². The molecule has 2 fully saturated rings. The van der Waals surface area contributed by atoms with Gasteiger partial charge < -0.3 is 10.5 Å². The summed E-state index contributed by atoms with van der Waals surface area (Å²) >= 11 is 0. The van der Waals surface area contributed by atoms with E-state index in [4.69, 9.17) is 10.5 Å². The molecule has 3 atom stereocenters. The van der Waals surface area contributed by atoms with Crippen molar-refractivity contribution in [2.45, 2.75) is 38.8 Å². The Morgan fingerprint density at radius 2 is 2.00 bits per heavy atom. The highest BCUT2D eigenvalue weighted by Crippen LogP contribution is 2.38. The van der Waals surface area contributed by atoms with E-state index in [9.17, 15) is 0 Å². The Bertz CT molecular complexity index is 460. The second-order valence-corrected chi connectivity index (χ2v) is 6.51. The molecule has 1 aliphatic heterocycles. The molecule has 20 heavy (non-hydrogen) atoms. The smallest absolute Gasteiger partial charge is 0.123 e. The highest BCUT2D eigenvalue weighted by atomic mass is 16.5. The van der Waals surface area contributed by atoms with Crippen LogP contribution in [0.15, 0.2) is 18.2 Å². The van der Waals surface area contributed by atoms with Gasteiger partial charge in [-0.2, -0.15) is 0 Å². The molecule has 0 spiro atoms. The molecule has 2 N–H and O–H groups in total. The van der Waals surface area contributed by atoms with Gasteiger partial charge in [0.1, 0.15) is 5.75 Å². The third kappa shape index (κ3) is 2.70. The number of fused-ring (bicyclic) bond motifs is 1. The molecule has 2 aliphatic rings. The fourth-order valence-corrected chi connectivity index (χ4v) is 3.91. The SMILES string of the molecule is COc1ccc(C(C)N)cc1CN1CC2CCCC2C1. The molecule has 3 heteroatoms. The van der Waals surface area contributed by atoms with Gasteiger partial charge in [-0.15, -0.1) is 0 Å². The Balaban J connectivity index is 1.74. The average Bonchev–Trinajstić information content (AvgIpc) is 2.99. The number of benzene rings is 1. The fraction of sp³-hybridized carbons (Fsp3) is 0.647. The van der Waals surface area contributed by atoms with Crippen LogP contribution in [0, 0.1) is 11.8 Å². The monoisotopic (exact) mass is 274 g/mol. The van der Waals surface area contributed by atoms with Gasteiger partial charge in [0.05, 0.1) is 7.11 Å². The normalized spacial score (nSPS) is 27.6. The Kier molecular flexibility index (Phi) is 3.99. The topological polar surface area (TPSA) is 38.5 Å². The van der Waals surface area contributed by atoms with E-state index in [2.05, 4.69) is 23.1 Å². The van der Waals surface area contributed by atoms with E-state index in [0.29, 0.717) is 0 Å².